The molecule has 1 aromatic heterocycles. The molecule has 0 aliphatic rings. The van der Waals surface area contributed by atoms with E-state index in [4.69, 9.17) is 0 Å². The van der Waals surface area contributed by atoms with Gasteiger partial charge in [0.05, 0.1) is 0 Å². The lowest BCUT2D eigenvalue weighted by molar-refractivity contribution is 0.461. The summed E-state index contributed by atoms with van der Waals surface area (Å²) < 4.78 is 0. The maximum atomic E-state index is 10.5. The van der Waals surface area contributed by atoms with Gasteiger partial charge < -0.3 is 10.2 Å². The highest BCUT2D eigenvalue weighted by Crippen LogP contribution is 2.39. The second kappa shape index (κ2) is 6.69. The molecular formula is C19H18O2S2. The third kappa shape index (κ3) is 3.54. The van der Waals surface area contributed by atoms with E-state index < -0.39 is 0 Å². The van der Waals surface area contributed by atoms with Crippen LogP contribution in [-0.2, 0) is 0 Å². The number of thiophene rings is 1. The Labute approximate surface area is 144 Å². The second-order valence-corrected chi connectivity index (χ2v) is 7.48. The molecule has 0 saturated carbocycles. The van der Waals surface area contributed by atoms with E-state index >= 15 is 0 Å². The van der Waals surface area contributed by atoms with Crippen LogP contribution in [0.25, 0.3) is 0 Å². The van der Waals surface area contributed by atoms with E-state index in [2.05, 4.69) is 29.8 Å². The minimum atomic E-state index is 0.153. The van der Waals surface area contributed by atoms with Crippen LogP contribution in [0.1, 0.15) is 29.5 Å². The van der Waals surface area contributed by atoms with Gasteiger partial charge in [0.15, 0.2) is 0 Å². The van der Waals surface area contributed by atoms with Crippen molar-refractivity contribution in [3.63, 3.8) is 0 Å². The third-order valence-electron chi connectivity index (χ3n) is 3.89. The highest BCUT2D eigenvalue weighted by molar-refractivity contribution is 7.99. The van der Waals surface area contributed by atoms with Crippen molar-refractivity contribution in [2.24, 2.45) is 0 Å². The zero-order chi connectivity index (χ0) is 16.4. The van der Waals surface area contributed by atoms with Gasteiger partial charge in [0.25, 0.3) is 0 Å². The number of aromatic hydroxyl groups is 2. The first-order valence-electron chi connectivity index (χ1n) is 7.37. The molecule has 2 aromatic carbocycles. The molecule has 1 heterocycles. The number of benzene rings is 2. The molecule has 0 radical (unpaired) electrons. The molecule has 3 aromatic rings. The number of hydrogen-bond donors (Lipinski definition) is 2. The molecule has 4 heteroatoms. The van der Waals surface area contributed by atoms with E-state index in [1.807, 2.05) is 25.1 Å². The van der Waals surface area contributed by atoms with Crippen molar-refractivity contribution in [3.05, 3.63) is 69.9 Å². The summed E-state index contributed by atoms with van der Waals surface area (Å²) >= 11 is 3.30. The van der Waals surface area contributed by atoms with Crippen LogP contribution in [0.3, 0.4) is 0 Å². The van der Waals surface area contributed by atoms with Crippen LogP contribution in [-0.4, -0.2) is 10.2 Å². The molecule has 0 bridgehead atoms. The SMILES string of the molecule is Cc1cc(Sc2ccc(O)cc2)cc(C(C)c2ccsc2)c1O. The second-order valence-electron chi connectivity index (χ2n) is 5.55. The normalized spacial score (nSPS) is 12.3. The molecule has 118 valence electrons. The van der Waals surface area contributed by atoms with E-state index in [1.165, 1.54) is 5.56 Å². The van der Waals surface area contributed by atoms with Gasteiger partial charge in [-0.2, -0.15) is 11.3 Å². The van der Waals surface area contributed by atoms with E-state index in [1.54, 1.807) is 35.2 Å². The van der Waals surface area contributed by atoms with Gasteiger partial charge in [-0.3, -0.25) is 0 Å². The Kier molecular flexibility index (Phi) is 4.64. The van der Waals surface area contributed by atoms with Crippen LogP contribution in [0.15, 0.2) is 63.0 Å². The zero-order valence-electron chi connectivity index (χ0n) is 13.0. The quantitative estimate of drug-likeness (QED) is 0.632. The maximum Gasteiger partial charge on any atom is 0.122 e. The van der Waals surface area contributed by atoms with Crippen molar-refractivity contribution in [1.29, 1.82) is 0 Å². The van der Waals surface area contributed by atoms with Gasteiger partial charge in [-0.05, 0) is 71.3 Å². The first kappa shape index (κ1) is 16.0. The van der Waals surface area contributed by atoms with Gasteiger partial charge in [-0.15, -0.1) is 0 Å². The summed E-state index contributed by atoms with van der Waals surface area (Å²) in [6.45, 7) is 4.05. The molecule has 0 fully saturated rings. The maximum absolute atomic E-state index is 10.5. The van der Waals surface area contributed by atoms with Gasteiger partial charge >= 0.3 is 0 Å². The summed E-state index contributed by atoms with van der Waals surface area (Å²) in [5, 5.41) is 24.0. The molecule has 2 N–H and O–H groups in total. The molecule has 1 unspecified atom stereocenters. The van der Waals surface area contributed by atoms with Crippen molar-refractivity contribution in [2.75, 3.05) is 0 Å². The lowest BCUT2D eigenvalue weighted by atomic mass is 9.93. The smallest absolute Gasteiger partial charge is 0.122 e. The fraction of sp³-hybridized carbons (Fsp3) is 0.158. The Balaban J connectivity index is 1.94. The van der Waals surface area contributed by atoms with Crippen LogP contribution in [0, 0.1) is 6.92 Å². The van der Waals surface area contributed by atoms with Crippen molar-refractivity contribution >= 4 is 23.1 Å². The van der Waals surface area contributed by atoms with Crippen LogP contribution in [0.5, 0.6) is 11.5 Å². The summed E-state index contributed by atoms with van der Waals surface area (Å²) in [5.74, 6) is 0.794. The molecule has 2 nitrogen and oxygen atoms in total. The number of rotatable bonds is 4. The van der Waals surface area contributed by atoms with E-state index in [0.29, 0.717) is 5.75 Å². The predicted octanol–water partition coefficient (Wildman–Crippen LogP) is 5.77. The average Bonchev–Trinajstić information content (AvgIpc) is 3.06. The number of phenolic OH excluding ortho intramolecular Hbond substituents is 2. The topological polar surface area (TPSA) is 40.5 Å². The molecule has 0 spiro atoms. The molecule has 0 saturated heterocycles. The monoisotopic (exact) mass is 342 g/mol. The Morgan fingerprint density at radius 2 is 1.74 bits per heavy atom. The minimum absolute atomic E-state index is 0.153. The summed E-state index contributed by atoms with van der Waals surface area (Å²) in [6, 6.07) is 13.3. The summed E-state index contributed by atoms with van der Waals surface area (Å²) in [5.41, 5.74) is 3.05. The Hall–Kier alpha value is -1.91. The Bertz CT molecular complexity index is 793. The summed E-state index contributed by atoms with van der Waals surface area (Å²) in [4.78, 5) is 2.14. The average molecular weight is 342 g/mol. The molecule has 1 atom stereocenters. The largest absolute Gasteiger partial charge is 0.508 e. The first-order chi connectivity index (χ1) is 11.0. The van der Waals surface area contributed by atoms with Gasteiger partial charge in [0, 0.05) is 21.3 Å². The summed E-state index contributed by atoms with van der Waals surface area (Å²) in [6.07, 6.45) is 0. The molecule has 0 amide bonds. The first-order valence-corrected chi connectivity index (χ1v) is 9.13. The molecule has 0 aliphatic heterocycles. The fourth-order valence-electron chi connectivity index (χ4n) is 2.51. The van der Waals surface area contributed by atoms with E-state index in [0.717, 1.165) is 20.9 Å². The van der Waals surface area contributed by atoms with Crippen LogP contribution >= 0.6 is 23.1 Å². The predicted molar refractivity (Wildman–Crippen MR) is 96.9 cm³/mol. The number of hydrogen-bond acceptors (Lipinski definition) is 4. The lowest BCUT2D eigenvalue weighted by Gasteiger charge is -2.16. The van der Waals surface area contributed by atoms with Gasteiger partial charge in [0.1, 0.15) is 11.5 Å². The van der Waals surface area contributed by atoms with Gasteiger partial charge in [0.2, 0.25) is 0 Å². The van der Waals surface area contributed by atoms with Crippen LogP contribution < -0.4 is 0 Å². The van der Waals surface area contributed by atoms with Gasteiger partial charge in [-0.25, -0.2) is 0 Å². The van der Waals surface area contributed by atoms with Gasteiger partial charge in [-0.1, -0.05) is 18.7 Å². The minimum Gasteiger partial charge on any atom is -0.508 e. The lowest BCUT2D eigenvalue weighted by Crippen LogP contribution is -1.97. The van der Waals surface area contributed by atoms with Crippen LogP contribution in [0.2, 0.25) is 0 Å². The highest BCUT2D eigenvalue weighted by atomic mass is 32.2. The zero-order valence-corrected chi connectivity index (χ0v) is 14.6. The number of phenols is 2. The fourth-order valence-corrected chi connectivity index (χ4v) is 4.23. The molecule has 0 aliphatic carbocycles. The van der Waals surface area contributed by atoms with Crippen molar-refractivity contribution in [2.45, 2.75) is 29.6 Å². The summed E-state index contributed by atoms with van der Waals surface area (Å²) in [7, 11) is 0. The van der Waals surface area contributed by atoms with Crippen molar-refractivity contribution < 1.29 is 10.2 Å². The third-order valence-corrected chi connectivity index (χ3v) is 5.57. The molecule has 23 heavy (non-hydrogen) atoms. The van der Waals surface area contributed by atoms with Crippen LogP contribution in [0.4, 0.5) is 0 Å². The van der Waals surface area contributed by atoms with E-state index in [9.17, 15) is 10.2 Å². The number of aryl methyl sites for hydroxylation is 1. The Morgan fingerprint density at radius 3 is 2.39 bits per heavy atom. The van der Waals surface area contributed by atoms with E-state index in [-0.39, 0.29) is 11.7 Å². The Morgan fingerprint density at radius 1 is 1.00 bits per heavy atom. The highest BCUT2D eigenvalue weighted by Gasteiger charge is 2.16. The van der Waals surface area contributed by atoms with Crippen molar-refractivity contribution in [1.82, 2.24) is 0 Å². The van der Waals surface area contributed by atoms with Crippen molar-refractivity contribution in [3.8, 4) is 11.5 Å². The standard InChI is InChI=1S/C19H18O2S2/c1-12-9-17(23-16-5-3-15(20)4-6-16)10-18(19(12)21)13(2)14-7-8-22-11-14/h3-11,13,20-21H,1-2H3. The molecular weight excluding hydrogens is 324 g/mol. The molecule has 3 rings (SSSR count).